The Morgan fingerprint density at radius 3 is 2.36 bits per heavy atom. The third-order valence-corrected chi connectivity index (χ3v) is 3.82. The summed E-state index contributed by atoms with van der Waals surface area (Å²) in [6, 6.07) is 13.6. The molecule has 0 saturated carbocycles. The molecule has 0 aliphatic rings. The van der Waals surface area contributed by atoms with Gasteiger partial charge in [-0.1, -0.05) is 31.2 Å². The van der Waals surface area contributed by atoms with E-state index < -0.39 is 0 Å². The molecular formula is C20H23FN2O2. The number of benzene rings is 2. The number of carbonyl (C=O) groups excluding carboxylic acids is 2. The number of carbonyl (C=O) groups is 2. The second kappa shape index (κ2) is 8.97. The van der Waals surface area contributed by atoms with Crippen molar-refractivity contribution in [3.05, 3.63) is 65.5 Å². The maximum Gasteiger partial charge on any atom is 0.227 e. The molecule has 0 atom stereocenters. The fraction of sp³-hybridized carbons (Fsp3) is 0.300. The minimum atomic E-state index is -0.321. The van der Waals surface area contributed by atoms with E-state index in [9.17, 15) is 14.0 Å². The van der Waals surface area contributed by atoms with Crippen LogP contribution in [0.3, 0.4) is 0 Å². The monoisotopic (exact) mass is 342 g/mol. The minimum absolute atomic E-state index is 0.0310. The van der Waals surface area contributed by atoms with Crippen LogP contribution in [0.1, 0.15) is 31.4 Å². The van der Waals surface area contributed by atoms with Gasteiger partial charge in [-0.2, -0.15) is 0 Å². The fourth-order valence-corrected chi connectivity index (χ4v) is 2.57. The van der Waals surface area contributed by atoms with Gasteiger partial charge in [0.15, 0.2) is 0 Å². The highest BCUT2D eigenvalue weighted by molar-refractivity contribution is 5.93. The van der Waals surface area contributed by atoms with Gasteiger partial charge in [0.1, 0.15) is 5.82 Å². The van der Waals surface area contributed by atoms with Gasteiger partial charge in [0, 0.05) is 18.7 Å². The topological polar surface area (TPSA) is 49.4 Å². The van der Waals surface area contributed by atoms with E-state index in [1.807, 2.05) is 31.2 Å². The van der Waals surface area contributed by atoms with Gasteiger partial charge in [0.05, 0.1) is 13.0 Å². The molecule has 2 aromatic rings. The molecule has 2 aromatic carbocycles. The van der Waals surface area contributed by atoms with E-state index in [2.05, 4.69) is 5.32 Å². The van der Waals surface area contributed by atoms with Crippen molar-refractivity contribution in [2.45, 2.75) is 33.2 Å². The SMILES string of the molecule is CCNC(=O)Cc1ccc(N(Cc2cccc(F)c2)C(=O)CC)cc1. The number of hydrogen-bond acceptors (Lipinski definition) is 2. The van der Waals surface area contributed by atoms with E-state index >= 15 is 0 Å². The van der Waals surface area contributed by atoms with Crippen LogP contribution in [0.25, 0.3) is 0 Å². The summed E-state index contributed by atoms with van der Waals surface area (Å²) >= 11 is 0. The van der Waals surface area contributed by atoms with Crippen LogP contribution >= 0.6 is 0 Å². The first-order valence-corrected chi connectivity index (χ1v) is 8.44. The van der Waals surface area contributed by atoms with Gasteiger partial charge in [-0.3, -0.25) is 9.59 Å². The van der Waals surface area contributed by atoms with E-state index in [0.29, 0.717) is 25.9 Å². The van der Waals surface area contributed by atoms with Crippen molar-refractivity contribution in [2.24, 2.45) is 0 Å². The number of hydrogen-bond donors (Lipinski definition) is 1. The molecule has 4 nitrogen and oxygen atoms in total. The van der Waals surface area contributed by atoms with Crippen molar-refractivity contribution in [1.82, 2.24) is 5.32 Å². The average molecular weight is 342 g/mol. The fourth-order valence-electron chi connectivity index (χ4n) is 2.57. The molecule has 0 unspecified atom stereocenters. The molecule has 0 aromatic heterocycles. The Labute approximate surface area is 147 Å². The summed E-state index contributed by atoms with van der Waals surface area (Å²) in [7, 11) is 0. The molecule has 132 valence electrons. The number of rotatable bonds is 7. The zero-order valence-electron chi connectivity index (χ0n) is 14.6. The molecule has 0 aliphatic carbocycles. The number of nitrogens with one attached hydrogen (secondary N) is 1. The van der Waals surface area contributed by atoms with Gasteiger partial charge in [-0.05, 0) is 42.3 Å². The van der Waals surface area contributed by atoms with Crippen LogP contribution in [0.15, 0.2) is 48.5 Å². The molecule has 2 amide bonds. The Morgan fingerprint density at radius 2 is 1.76 bits per heavy atom. The van der Waals surface area contributed by atoms with Gasteiger partial charge in [-0.15, -0.1) is 0 Å². The lowest BCUT2D eigenvalue weighted by atomic mass is 10.1. The Hall–Kier alpha value is -2.69. The zero-order valence-corrected chi connectivity index (χ0v) is 14.6. The van der Waals surface area contributed by atoms with Crippen LogP contribution in [0.4, 0.5) is 10.1 Å². The molecular weight excluding hydrogens is 319 g/mol. The Morgan fingerprint density at radius 1 is 1.04 bits per heavy atom. The minimum Gasteiger partial charge on any atom is -0.356 e. The molecule has 0 bridgehead atoms. The van der Waals surface area contributed by atoms with Gasteiger partial charge >= 0.3 is 0 Å². The van der Waals surface area contributed by atoms with Crippen LogP contribution in [0.2, 0.25) is 0 Å². The molecule has 0 spiro atoms. The maximum absolute atomic E-state index is 13.4. The second-order valence-electron chi connectivity index (χ2n) is 5.76. The van der Waals surface area contributed by atoms with Crippen molar-refractivity contribution in [1.29, 1.82) is 0 Å². The molecule has 0 saturated heterocycles. The standard InChI is InChI=1S/C20H23FN2O2/c1-3-20(25)23(14-16-6-5-7-17(21)12-16)18-10-8-15(9-11-18)13-19(24)22-4-2/h5-12H,3-4,13-14H2,1-2H3,(H,22,24). The summed E-state index contributed by atoms with van der Waals surface area (Å²) in [5.74, 6) is -0.393. The predicted octanol–water partition coefficient (Wildman–Crippen LogP) is 3.45. The molecule has 2 rings (SSSR count). The molecule has 1 N–H and O–H groups in total. The van der Waals surface area contributed by atoms with Gasteiger partial charge in [0.2, 0.25) is 11.8 Å². The summed E-state index contributed by atoms with van der Waals surface area (Å²) in [6.07, 6.45) is 0.662. The molecule has 5 heteroatoms. The van der Waals surface area contributed by atoms with Crippen molar-refractivity contribution in [2.75, 3.05) is 11.4 Å². The second-order valence-corrected chi connectivity index (χ2v) is 5.76. The summed E-state index contributed by atoms with van der Waals surface area (Å²) in [6.45, 7) is 4.58. The lowest BCUT2D eigenvalue weighted by Gasteiger charge is -2.23. The van der Waals surface area contributed by atoms with E-state index in [-0.39, 0.29) is 17.6 Å². The Balaban J connectivity index is 2.17. The van der Waals surface area contributed by atoms with Crippen LogP contribution in [-0.2, 0) is 22.6 Å². The Kier molecular flexibility index (Phi) is 6.69. The average Bonchev–Trinajstić information content (AvgIpc) is 2.60. The highest BCUT2D eigenvalue weighted by Gasteiger charge is 2.15. The highest BCUT2D eigenvalue weighted by atomic mass is 19.1. The highest BCUT2D eigenvalue weighted by Crippen LogP contribution is 2.20. The summed E-state index contributed by atoms with van der Waals surface area (Å²) in [5.41, 5.74) is 2.34. The van der Waals surface area contributed by atoms with Crippen molar-refractivity contribution < 1.29 is 14.0 Å². The van der Waals surface area contributed by atoms with Crippen LogP contribution in [0.5, 0.6) is 0 Å². The zero-order chi connectivity index (χ0) is 18.2. The predicted molar refractivity (Wildman–Crippen MR) is 96.7 cm³/mol. The van der Waals surface area contributed by atoms with Crippen molar-refractivity contribution in [3.63, 3.8) is 0 Å². The largest absolute Gasteiger partial charge is 0.356 e. The lowest BCUT2D eigenvalue weighted by Crippen LogP contribution is -2.29. The first-order chi connectivity index (χ1) is 12.0. The molecule has 0 radical (unpaired) electrons. The van der Waals surface area contributed by atoms with E-state index in [1.54, 1.807) is 24.0 Å². The van der Waals surface area contributed by atoms with Crippen molar-refractivity contribution >= 4 is 17.5 Å². The van der Waals surface area contributed by atoms with Gasteiger partial charge < -0.3 is 10.2 Å². The first-order valence-electron chi connectivity index (χ1n) is 8.44. The quantitative estimate of drug-likeness (QED) is 0.838. The number of amides is 2. The Bertz CT molecular complexity index is 729. The number of anilines is 1. The van der Waals surface area contributed by atoms with E-state index in [1.165, 1.54) is 12.1 Å². The normalized spacial score (nSPS) is 10.4. The summed E-state index contributed by atoms with van der Waals surface area (Å²) in [5, 5.41) is 2.76. The van der Waals surface area contributed by atoms with Crippen LogP contribution < -0.4 is 10.2 Å². The summed E-state index contributed by atoms with van der Waals surface area (Å²) in [4.78, 5) is 25.6. The van der Waals surface area contributed by atoms with Crippen LogP contribution in [0, 0.1) is 5.82 Å². The van der Waals surface area contributed by atoms with Gasteiger partial charge in [0.25, 0.3) is 0 Å². The smallest absolute Gasteiger partial charge is 0.227 e. The van der Waals surface area contributed by atoms with Gasteiger partial charge in [-0.25, -0.2) is 4.39 Å². The third-order valence-electron chi connectivity index (χ3n) is 3.82. The summed E-state index contributed by atoms with van der Waals surface area (Å²) < 4.78 is 13.4. The van der Waals surface area contributed by atoms with Crippen LogP contribution in [-0.4, -0.2) is 18.4 Å². The number of halogens is 1. The molecule has 0 aliphatic heterocycles. The number of likely N-dealkylation sites (N-methyl/N-ethyl adjacent to an activating group) is 1. The van der Waals surface area contributed by atoms with E-state index in [4.69, 9.17) is 0 Å². The molecule has 0 heterocycles. The maximum atomic E-state index is 13.4. The molecule has 25 heavy (non-hydrogen) atoms. The third kappa shape index (κ3) is 5.41. The first kappa shape index (κ1) is 18.6. The van der Waals surface area contributed by atoms with Crippen molar-refractivity contribution in [3.8, 4) is 0 Å². The lowest BCUT2D eigenvalue weighted by molar-refractivity contribution is -0.120. The molecule has 0 fully saturated rings. The number of nitrogens with zero attached hydrogens (tertiary/aromatic N) is 1. The van der Waals surface area contributed by atoms with E-state index in [0.717, 1.165) is 16.8 Å².